The highest BCUT2D eigenvalue weighted by Gasteiger charge is 2.34. The van der Waals surface area contributed by atoms with Gasteiger partial charge in [-0.05, 0) is 43.9 Å². The summed E-state index contributed by atoms with van der Waals surface area (Å²) in [7, 11) is 1.85. The molecule has 5 heteroatoms. The normalized spacial score (nSPS) is 38.3. The second-order valence-corrected chi connectivity index (χ2v) is 7.32. The van der Waals surface area contributed by atoms with Gasteiger partial charge < -0.3 is 15.7 Å². The predicted molar refractivity (Wildman–Crippen MR) is 102 cm³/mol. The van der Waals surface area contributed by atoms with Gasteiger partial charge in [0.15, 0.2) is 5.96 Å². The fourth-order valence-corrected chi connectivity index (χ4v) is 4.70. The molecule has 22 heavy (non-hydrogen) atoms. The van der Waals surface area contributed by atoms with Crippen LogP contribution in [0.1, 0.15) is 57.8 Å². The van der Waals surface area contributed by atoms with Crippen LogP contribution in [0, 0.1) is 17.8 Å². The predicted octanol–water partition coefficient (Wildman–Crippen LogP) is 2.90. The largest absolute Gasteiger partial charge is 0.393 e. The number of rotatable bonds is 3. The maximum Gasteiger partial charge on any atom is 0.191 e. The molecule has 5 atom stereocenters. The van der Waals surface area contributed by atoms with E-state index in [0.29, 0.717) is 12.0 Å². The van der Waals surface area contributed by atoms with Gasteiger partial charge in [0.1, 0.15) is 0 Å². The minimum absolute atomic E-state index is 0. The van der Waals surface area contributed by atoms with Crippen molar-refractivity contribution in [3.05, 3.63) is 0 Å². The maximum atomic E-state index is 9.90. The Morgan fingerprint density at radius 1 is 1.05 bits per heavy atom. The monoisotopic (exact) mass is 421 g/mol. The molecular formula is C17H32IN3O. The van der Waals surface area contributed by atoms with Crippen molar-refractivity contribution in [2.24, 2.45) is 22.7 Å². The number of hydrogen-bond donors (Lipinski definition) is 3. The Kier molecular flexibility index (Phi) is 7.25. The average Bonchev–Trinajstić information content (AvgIpc) is 3.11. The van der Waals surface area contributed by atoms with Crippen molar-refractivity contribution in [3.63, 3.8) is 0 Å². The summed E-state index contributed by atoms with van der Waals surface area (Å²) in [4.78, 5) is 4.37. The van der Waals surface area contributed by atoms with E-state index in [1.807, 2.05) is 7.05 Å². The molecule has 0 aromatic carbocycles. The lowest BCUT2D eigenvalue weighted by Crippen LogP contribution is -2.47. The van der Waals surface area contributed by atoms with Crippen molar-refractivity contribution < 1.29 is 5.11 Å². The molecule has 0 amide bonds. The van der Waals surface area contributed by atoms with Gasteiger partial charge in [0.05, 0.1) is 6.10 Å². The lowest BCUT2D eigenvalue weighted by molar-refractivity contribution is 0.134. The third kappa shape index (κ3) is 4.49. The lowest BCUT2D eigenvalue weighted by atomic mass is 9.79. The van der Waals surface area contributed by atoms with Crippen molar-refractivity contribution >= 4 is 29.9 Å². The van der Waals surface area contributed by atoms with E-state index in [-0.39, 0.29) is 30.1 Å². The van der Waals surface area contributed by atoms with E-state index in [9.17, 15) is 5.11 Å². The number of halogens is 1. The number of nitrogens with zero attached hydrogens (tertiary/aromatic N) is 1. The first-order chi connectivity index (χ1) is 10.3. The average molecular weight is 421 g/mol. The highest BCUT2D eigenvalue weighted by Crippen LogP contribution is 2.42. The van der Waals surface area contributed by atoms with Crippen LogP contribution >= 0.6 is 24.0 Å². The molecular weight excluding hydrogens is 389 g/mol. The van der Waals surface area contributed by atoms with Gasteiger partial charge in [0.25, 0.3) is 0 Å². The fourth-order valence-electron chi connectivity index (χ4n) is 4.70. The molecule has 3 aliphatic rings. The van der Waals surface area contributed by atoms with Crippen molar-refractivity contribution in [2.75, 3.05) is 13.6 Å². The van der Waals surface area contributed by atoms with Crippen LogP contribution in [0.25, 0.3) is 0 Å². The molecule has 128 valence electrons. The zero-order valence-corrected chi connectivity index (χ0v) is 16.1. The van der Waals surface area contributed by atoms with Crippen LogP contribution in [0.4, 0.5) is 0 Å². The summed E-state index contributed by atoms with van der Waals surface area (Å²) in [6.07, 6.45) is 11.5. The number of aliphatic hydroxyl groups is 1. The van der Waals surface area contributed by atoms with Crippen molar-refractivity contribution in [2.45, 2.75) is 69.9 Å². The number of fused-ring (bicyclic) bond motifs is 1. The van der Waals surface area contributed by atoms with Gasteiger partial charge in [-0.25, -0.2) is 0 Å². The van der Waals surface area contributed by atoms with Gasteiger partial charge in [0.2, 0.25) is 0 Å². The number of hydrogen-bond acceptors (Lipinski definition) is 2. The summed E-state index contributed by atoms with van der Waals surface area (Å²) in [6, 6.07) is 0.587. The van der Waals surface area contributed by atoms with Gasteiger partial charge in [-0.15, -0.1) is 24.0 Å². The highest BCUT2D eigenvalue weighted by atomic mass is 127. The molecule has 0 saturated heterocycles. The Morgan fingerprint density at radius 3 is 2.55 bits per heavy atom. The van der Waals surface area contributed by atoms with Gasteiger partial charge in [-0.3, -0.25) is 4.99 Å². The number of aliphatic imine (C=N–C) groups is 1. The van der Waals surface area contributed by atoms with E-state index in [4.69, 9.17) is 0 Å². The van der Waals surface area contributed by atoms with E-state index < -0.39 is 0 Å². The summed E-state index contributed by atoms with van der Waals surface area (Å²) < 4.78 is 0. The highest BCUT2D eigenvalue weighted by molar-refractivity contribution is 14.0. The van der Waals surface area contributed by atoms with Crippen LogP contribution in [0.15, 0.2) is 4.99 Å². The second kappa shape index (κ2) is 8.71. The van der Waals surface area contributed by atoms with Crippen LogP contribution in [-0.2, 0) is 0 Å². The second-order valence-electron chi connectivity index (χ2n) is 7.32. The summed E-state index contributed by atoms with van der Waals surface area (Å²) in [5.41, 5.74) is 0. The minimum Gasteiger partial charge on any atom is -0.393 e. The molecule has 3 rings (SSSR count). The smallest absolute Gasteiger partial charge is 0.191 e. The van der Waals surface area contributed by atoms with E-state index in [0.717, 1.165) is 43.6 Å². The van der Waals surface area contributed by atoms with Crippen LogP contribution in [0.5, 0.6) is 0 Å². The van der Waals surface area contributed by atoms with Crippen LogP contribution < -0.4 is 10.6 Å². The molecule has 3 fully saturated rings. The summed E-state index contributed by atoms with van der Waals surface area (Å²) in [5, 5.41) is 16.9. The van der Waals surface area contributed by atoms with Crippen molar-refractivity contribution in [3.8, 4) is 0 Å². The van der Waals surface area contributed by atoms with Crippen LogP contribution in [-0.4, -0.2) is 36.8 Å². The van der Waals surface area contributed by atoms with Gasteiger partial charge in [-0.2, -0.15) is 0 Å². The molecule has 3 aliphatic carbocycles. The van der Waals surface area contributed by atoms with E-state index in [1.54, 1.807) is 0 Å². The maximum absolute atomic E-state index is 9.90. The van der Waals surface area contributed by atoms with E-state index >= 15 is 0 Å². The molecule has 3 N–H and O–H groups in total. The first kappa shape index (κ1) is 18.3. The number of nitrogens with one attached hydrogen (secondary N) is 2. The zero-order chi connectivity index (χ0) is 14.7. The van der Waals surface area contributed by atoms with Crippen LogP contribution in [0.2, 0.25) is 0 Å². The van der Waals surface area contributed by atoms with Gasteiger partial charge in [-0.1, -0.05) is 25.7 Å². The summed E-state index contributed by atoms with van der Waals surface area (Å²) in [6.45, 7) is 0.847. The summed E-state index contributed by atoms with van der Waals surface area (Å²) in [5.74, 6) is 3.28. The lowest BCUT2D eigenvalue weighted by Gasteiger charge is -2.33. The third-order valence-electron chi connectivity index (χ3n) is 6.00. The molecule has 0 radical (unpaired) electrons. The number of guanidine groups is 1. The summed E-state index contributed by atoms with van der Waals surface area (Å²) >= 11 is 0. The molecule has 0 heterocycles. The molecule has 4 nitrogen and oxygen atoms in total. The zero-order valence-electron chi connectivity index (χ0n) is 13.8. The fraction of sp³-hybridized carbons (Fsp3) is 0.941. The topological polar surface area (TPSA) is 56.7 Å². The molecule has 0 aromatic rings. The van der Waals surface area contributed by atoms with Gasteiger partial charge in [0, 0.05) is 25.6 Å². The third-order valence-corrected chi connectivity index (χ3v) is 6.00. The molecule has 0 spiro atoms. The van der Waals surface area contributed by atoms with Crippen molar-refractivity contribution in [1.29, 1.82) is 0 Å². The first-order valence-corrected chi connectivity index (χ1v) is 8.91. The Morgan fingerprint density at radius 2 is 1.82 bits per heavy atom. The van der Waals surface area contributed by atoms with E-state index in [1.165, 1.54) is 38.5 Å². The number of aliphatic hydroxyl groups excluding tert-OH is 1. The molecule has 0 aromatic heterocycles. The molecule has 0 bridgehead atoms. The SMILES string of the molecule is CN=C(NCC1CCCC1O)NC1CCC2CCCC2C1.I. The van der Waals surface area contributed by atoms with Crippen LogP contribution in [0.3, 0.4) is 0 Å². The van der Waals surface area contributed by atoms with Crippen molar-refractivity contribution in [1.82, 2.24) is 10.6 Å². The minimum atomic E-state index is -0.121. The molecule has 0 aliphatic heterocycles. The first-order valence-electron chi connectivity index (χ1n) is 8.91. The van der Waals surface area contributed by atoms with Gasteiger partial charge >= 0.3 is 0 Å². The molecule has 5 unspecified atom stereocenters. The quantitative estimate of drug-likeness (QED) is 0.373. The molecule has 3 saturated carbocycles. The Labute approximate surface area is 151 Å². The standard InChI is InChI=1S/C17H31N3O.HI/c1-18-17(19-11-14-6-3-7-16(14)21)20-15-9-8-12-4-2-5-13(12)10-15;/h12-16,21H,2-11H2,1H3,(H2,18,19,20);1H. The Hall–Kier alpha value is -0.0400. The Balaban J connectivity index is 0.00000176. The Bertz CT molecular complexity index is 377. The van der Waals surface area contributed by atoms with E-state index in [2.05, 4.69) is 15.6 Å².